The molecular weight excluding hydrogens is 444 g/mol. The van der Waals surface area contributed by atoms with E-state index in [0.717, 1.165) is 75.1 Å². The molecule has 1 amide bonds. The van der Waals surface area contributed by atoms with Crippen LogP contribution in [0.2, 0.25) is 0 Å². The fourth-order valence-electron chi connectivity index (χ4n) is 5.15. The molecule has 1 aromatic heterocycles. The normalized spacial score (nSPS) is 16.9. The molecule has 0 bridgehead atoms. The van der Waals surface area contributed by atoms with Crippen molar-refractivity contribution in [3.63, 3.8) is 0 Å². The van der Waals surface area contributed by atoms with Gasteiger partial charge in [-0.15, -0.1) is 0 Å². The summed E-state index contributed by atoms with van der Waals surface area (Å²) < 4.78 is 2.65. The van der Waals surface area contributed by atoms with Crippen LogP contribution in [0.3, 0.4) is 0 Å². The lowest BCUT2D eigenvalue weighted by Gasteiger charge is -2.37. The first-order chi connectivity index (χ1) is 16.9. The molecule has 0 N–H and O–H groups in total. The van der Waals surface area contributed by atoms with Gasteiger partial charge in [0.1, 0.15) is 5.82 Å². The number of amides is 1. The predicted octanol–water partition coefficient (Wildman–Crippen LogP) is 1.69. The molecule has 2 aromatic rings. The number of carbonyl (C=O) groups excluding carboxylic acids is 1. The zero-order valence-electron chi connectivity index (χ0n) is 20.7. The minimum absolute atomic E-state index is 0.0967. The van der Waals surface area contributed by atoms with Crippen molar-refractivity contribution < 1.29 is 4.79 Å². The van der Waals surface area contributed by atoms with Crippen LogP contribution >= 0.6 is 0 Å². The molecule has 1 aliphatic heterocycles. The molecule has 1 saturated carbocycles. The number of rotatable bonds is 7. The third-order valence-electron chi connectivity index (χ3n) is 7.33. The van der Waals surface area contributed by atoms with Crippen LogP contribution < -0.4 is 21.0 Å². The first-order valence-corrected chi connectivity index (χ1v) is 12.4. The number of anilines is 2. The summed E-state index contributed by atoms with van der Waals surface area (Å²) in [5.41, 5.74) is 0.844. The lowest BCUT2D eigenvalue weighted by atomic mass is 10.1. The highest BCUT2D eigenvalue weighted by Gasteiger charge is 2.28. The van der Waals surface area contributed by atoms with Gasteiger partial charge in [0.05, 0.1) is 11.6 Å². The number of carbonyl (C=O) groups is 1. The van der Waals surface area contributed by atoms with Gasteiger partial charge in [0, 0.05) is 64.5 Å². The minimum Gasteiger partial charge on any atom is -0.355 e. The van der Waals surface area contributed by atoms with Crippen LogP contribution in [0.15, 0.2) is 39.9 Å². The summed E-state index contributed by atoms with van der Waals surface area (Å²) in [5.74, 6) is 0.954. The maximum absolute atomic E-state index is 13.3. The van der Waals surface area contributed by atoms with Gasteiger partial charge in [-0.25, -0.2) is 4.79 Å². The number of benzene rings is 1. The predicted molar refractivity (Wildman–Crippen MR) is 136 cm³/mol. The Labute approximate surface area is 205 Å². The monoisotopic (exact) mass is 478 g/mol. The van der Waals surface area contributed by atoms with Crippen molar-refractivity contribution in [3.8, 4) is 6.07 Å². The van der Waals surface area contributed by atoms with Crippen LogP contribution in [-0.2, 0) is 18.9 Å². The third-order valence-corrected chi connectivity index (χ3v) is 7.33. The van der Waals surface area contributed by atoms with E-state index in [2.05, 4.69) is 15.9 Å². The van der Waals surface area contributed by atoms with E-state index in [1.807, 2.05) is 17.0 Å². The molecule has 4 rings (SSSR count). The maximum Gasteiger partial charge on any atom is 0.332 e. The molecule has 2 aliphatic rings. The van der Waals surface area contributed by atoms with Crippen molar-refractivity contribution in [1.29, 1.82) is 5.26 Å². The first kappa shape index (κ1) is 24.7. The molecule has 0 radical (unpaired) electrons. The Kier molecular flexibility index (Phi) is 7.71. The number of aromatic nitrogens is 2. The Morgan fingerprint density at radius 2 is 1.69 bits per heavy atom. The molecule has 9 nitrogen and oxygen atoms in total. The van der Waals surface area contributed by atoms with Crippen molar-refractivity contribution in [2.45, 2.75) is 32.1 Å². The second-order valence-corrected chi connectivity index (χ2v) is 9.55. The number of hydrogen-bond acceptors (Lipinski definition) is 6. The van der Waals surface area contributed by atoms with Crippen molar-refractivity contribution >= 4 is 17.4 Å². The summed E-state index contributed by atoms with van der Waals surface area (Å²) in [6.45, 7) is 4.65. The quantitative estimate of drug-likeness (QED) is 0.601. The van der Waals surface area contributed by atoms with Gasteiger partial charge < -0.3 is 9.80 Å². The number of piperazine rings is 1. The molecule has 2 fully saturated rings. The molecular formula is C26H34N6O3. The van der Waals surface area contributed by atoms with Gasteiger partial charge in [-0.2, -0.15) is 5.26 Å². The van der Waals surface area contributed by atoms with E-state index in [4.69, 9.17) is 5.26 Å². The number of hydrogen-bond donors (Lipinski definition) is 0. The zero-order valence-corrected chi connectivity index (χ0v) is 20.7. The Hall–Kier alpha value is -3.38. The molecule has 0 spiro atoms. The van der Waals surface area contributed by atoms with Crippen LogP contribution in [0.25, 0.3) is 0 Å². The van der Waals surface area contributed by atoms with Gasteiger partial charge in [-0.1, -0.05) is 12.8 Å². The molecule has 1 aromatic carbocycles. The van der Waals surface area contributed by atoms with Gasteiger partial charge >= 0.3 is 5.69 Å². The summed E-state index contributed by atoms with van der Waals surface area (Å²) in [5, 5.41) is 9.11. The maximum atomic E-state index is 13.3. The highest BCUT2D eigenvalue weighted by molar-refractivity contribution is 5.95. The van der Waals surface area contributed by atoms with Crippen molar-refractivity contribution in [3.05, 3.63) is 56.7 Å². The third kappa shape index (κ3) is 5.49. The Bertz CT molecular complexity index is 1200. The topological polar surface area (TPSA) is 94.6 Å². The molecule has 186 valence electrons. The van der Waals surface area contributed by atoms with Gasteiger partial charge in [0.15, 0.2) is 0 Å². The summed E-state index contributed by atoms with van der Waals surface area (Å²) in [4.78, 5) is 44.0. The molecule has 1 aliphatic carbocycles. The van der Waals surface area contributed by atoms with E-state index in [1.54, 1.807) is 19.2 Å². The van der Waals surface area contributed by atoms with E-state index >= 15 is 0 Å². The summed E-state index contributed by atoms with van der Waals surface area (Å²) in [6.07, 6.45) is 4.99. The zero-order chi connectivity index (χ0) is 24.9. The number of nitrogens with zero attached hydrogens (tertiary/aromatic N) is 6. The van der Waals surface area contributed by atoms with Crippen molar-refractivity contribution in [2.75, 3.05) is 49.1 Å². The SMILES string of the molecule is Cn1c(N2CCN(CCCN(C(=O)C3CCCC3)c3ccc(C#N)cc3)CC2)cc(=O)n(C)c1=O. The smallest absolute Gasteiger partial charge is 0.332 e. The molecule has 35 heavy (non-hydrogen) atoms. The van der Waals surface area contributed by atoms with Crippen LogP contribution in [0.1, 0.15) is 37.7 Å². The number of nitriles is 1. The molecule has 0 unspecified atom stereocenters. The van der Waals surface area contributed by atoms with E-state index < -0.39 is 0 Å². The Morgan fingerprint density at radius 3 is 2.31 bits per heavy atom. The highest BCUT2D eigenvalue weighted by atomic mass is 16.2. The van der Waals surface area contributed by atoms with E-state index in [-0.39, 0.29) is 23.1 Å². The second-order valence-electron chi connectivity index (χ2n) is 9.55. The molecule has 1 saturated heterocycles. The van der Waals surface area contributed by atoms with E-state index in [1.165, 1.54) is 17.7 Å². The van der Waals surface area contributed by atoms with E-state index in [9.17, 15) is 14.4 Å². The van der Waals surface area contributed by atoms with Gasteiger partial charge in [-0.05, 0) is 50.1 Å². The molecule has 2 heterocycles. The van der Waals surface area contributed by atoms with Gasteiger partial charge in [0.25, 0.3) is 5.56 Å². The van der Waals surface area contributed by atoms with Gasteiger partial charge in [-0.3, -0.25) is 23.6 Å². The first-order valence-electron chi connectivity index (χ1n) is 12.4. The Balaban J connectivity index is 1.35. The fourth-order valence-corrected chi connectivity index (χ4v) is 5.15. The fraction of sp³-hybridized carbons (Fsp3) is 0.538. The van der Waals surface area contributed by atoms with Crippen LogP contribution in [-0.4, -0.2) is 59.2 Å². The summed E-state index contributed by atoms with van der Waals surface area (Å²) in [6, 6.07) is 11.0. The molecule has 0 atom stereocenters. The largest absolute Gasteiger partial charge is 0.355 e. The standard InChI is InChI=1S/C26H34N6O3/c1-28-23(18-24(33)29(2)26(28)35)31-16-14-30(15-17-31)12-5-13-32(25(34)21-6-3-4-7-21)22-10-8-20(19-27)9-11-22/h8-11,18,21H,3-7,12-17H2,1-2H3. The van der Waals surface area contributed by atoms with Crippen LogP contribution in [0.5, 0.6) is 0 Å². The molecule has 9 heteroatoms. The lowest BCUT2D eigenvalue weighted by Crippen LogP contribution is -2.49. The lowest BCUT2D eigenvalue weighted by molar-refractivity contribution is -0.122. The average Bonchev–Trinajstić information content (AvgIpc) is 3.43. The van der Waals surface area contributed by atoms with Gasteiger partial charge in [0.2, 0.25) is 5.91 Å². The van der Waals surface area contributed by atoms with Crippen molar-refractivity contribution in [2.24, 2.45) is 20.0 Å². The Morgan fingerprint density at radius 1 is 1.03 bits per heavy atom. The summed E-state index contributed by atoms with van der Waals surface area (Å²) in [7, 11) is 3.19. The highest BCUT2D eigenvalue weighted by Crippen LogP contribution is 2.29. The second kappa shape index (κ2) is 10.9. The van der Waals surface area contributed by atoms with Crippen LogP contribution in [0, 0.1) is 17.2 Å². The van der Waals surface area contributed by atoms with Crippen molar-refractivity contribution in [1.82, 2.24) is 14.0 Å². The van der Waals surface area contributed by atoms with E-state index in [0.29, 0.717) is 17.9 Å². The summed E-state index contributed by atoms with van der Waals surface area (Å²) >= 11 is 0. The van der Waals surface area contributed by atoms with Crippen LogP contribution in [0.4, 0.5) is 11.5 Å². The minimum atomic E-state index is -0.315. The average molecular weight is 479 g/mol.